The second kappa shape index (κ2) is 7.30. The summed E-state index contributed by atoms with van der Waals surface area (Å²) >= 11 is 0. The molecule has 0 amide bonds. The average molecular weight is 435 g/mol. The maximum absolute atomic E-state index is 13.8. The Balaban J connectivity index is 1.66. The summed E-state index contributed by atoms with van der Waals surface area (Å²) in [5.41, 5.74) is -0.987. The van der Waals surface area contributed by atoms with E-state index in [1.165, 1.54) is 6.92 Å². The molecule has 4 rings (SSSR count). The van der Waals surface area contributed by atoms with Gasteiger partial charge >= 0.3 is 6.18 Å². The second-order valence-corrected chi connectivity index (χ2v) is 8.16. The molecule has 3 aromatic rings. The molecule has 2 N–H and O–H groups in total. The Labute approximate surface area is 175 Å². The van der Waals surface area contributed by atoms with Crippen LogP contribution in [0.25, 0.3) is 10.8 Å². The summed E-state index contributed by atoms with van der Waals surface area (Å²) in [6, 6.07) is 3.38. The summed E-state index contributed by atoms with van der Waals surface area (Å²) in [5, 5.41) is 22.6. The monoisotopic (exact) mass is 435 g/mol. The SMILES string of the molecule is Cc1c(CNc2nnc(C)c3cnc(N4CC(C)(O)C4)cc23)cc(F)cc1C(F)(F)F. The fourth-order valence-electron chi connectivity index (χ4n) is 3.80. The third kappa shape index (κ3) is 4.12. The van der Waals surface area contributed by atoms with E-state index in [4.69, 9.17) is 0 Å². The molecule has 0 bridgehead atoms. The number of anilines is 2. The molecule has 6 nitrogen and oxygen atoms in total. The maximum atomic E-state index is 13.8. The molecule has 1 aliphatic heterocycles. The highest BCUT2D eigenvalue weighted by atomic mass is 19.4. The first kappa shape index (κ1) is 21.2. The molecule has 1 aliphatic rings. The summed E-state index contributed by atoms with van der Waals surface area (Å²) in [4.78, 5) is 6.33. The predicted octanol–water partition coefficient (Wildman–Crippen LogP) is 3.98. The average Bonchev–Trinajstić information content (AvgIpc) is 2.66. The first-order valence-corrected chi connectivity index (χ1v) is 9.65. The smallest absolute Gasteiger partial charge is 0.386 e. The molecule has 1 fully saturated rings. The Hall–Kier alpha value is -3.01. The molecular weight excluding hydrogens is 414 g/mol. The zero-order valence-corrected chi connectivity index (χ0v) is 17.2. The zero-order valence-electron chi connectivity index (χ0n) is 17.2. The number of benzene rings is 1. The minimum absolute atomic E-state index is 0.0454. The first-order chi connectivity index (χ1) is 14.4. The van der Waals surface area contributed by atoms with Crippen LogP contribution in [-0.2, 0) is 12.7 Å². The maximum Gasteiger partial charge on any atom is 0.416 e. The highest BCUT2D eigenvalue weighted by molar-refractivity contribution is 5.94. The van der Waals surface area contributed by atoms with Gasteiger partial charge in [0, 0.05) is 36.6 Å². The van der Waals surface area contributed by atoms with E-state index in [0.29, 0.717) is 41.9 Å². The fraction of sp³-hybridized carbons (Fsp3) is 0.381. The molecule has 0 unspecified atom stereocenters. The van der Waals surface area contributed by atoms with Gasteiger partial charge in [-0.3, -0.25) is 0 Å². The van der Waals surface area contributed by atoms with E-state index >= 15 is 0 Å². The number of rotatable bonds is 4. The summed E-state index contributed by atoms with van der Waals surface area (Å²) in [7, 11) is 0. The van der Waals surface area contributed by atoms with Crippen molar-refractivity contribution in [3.05, 3.63) is 52.6 Å². The van der Waals surface area contributed by atoms with Crippen molar-refractivity contribution in [1.29, 1.82) is 0 Å². The van der Waals surface area contributed by atoms with E-state index < -0.39 is 23.2 Å². The summed E-state index contributed by atoms with van der Waals surface area (Å²) < 4.78 is 53.4. The lowest BCUT2D eigenvalue weighted by atomic mass is 9.97. The molecule has 0 radical (unpaired) electrons. The molecule has 10 heteroatoms. The molecule has 2 aromatic heterocycles. The van der Waals surface area contributed by atoms with Crippen LogP contribution in [-0.4, -0.2) is 39.0 Å². The first-order valence-electron chi connectivity index (χ1n) is 9.65. The molecule has 3 heterocycles. The van der Waals surface area contributed by atoms with Crippen LogP contribution in [0.4, 0.5) is 29.2 Å². The van der Waals surface area contributed by atoms with Crippen LogP contribution < -0.4 is 10.2 Å². The van der Waals surface area contributed by atoms with E-state index in [-0.39, 0.29) is 17.7 Å². The largest absolute Gasteiger partial charge is 0.416 e. The number of hydrogen-bond donors (Lipinski definition) is 2. The van der Waals surface area contributed by atoms with Crippen molar-refractivity contribution >= 4 is 22.4 Å². The Morgan fingerprint density at radius 1 is 1.13 bits per heavy atom. The molecule has 1 aromatic carbocycles. The fourth-order valence-corrected chi connectivity index (χ4v) is 3.80. The van der Waals surface area contributed by atoms with Crippen LogP contribution in [0.3, 0.4) is 0 Å². The highest BCUT2D eigenvalue weighted by Gasteiger charge is 2.37. The standard InChI is InChI=1S/C21H21F4N5O/c1-11-13(4-14(22)5-17(11)21(23,24)25)7-27-19-15-6-18(30-9-20(3,31)10-30)26-8-16(15)12(2)28-29-19/h4-6,8,31H,7,9-10H2,1-3H3,(H,27,29). The lowest BCUT2D eigenvalue weighted by Crippen LogP contribution is -2.60. The molecule has 0 atom stereocenters. The van der Waals surface area contributed by atoms with E-state index in [1.807, 2.05) is 4.90 Å². The molecule has 0 spiro atoms. The third-order valence-corrected chi connectivity index (χ3v) is 5.45. The molecule has 0 saturated carbocycles. The Morgan fingerprint density at radius 3 is 2.48 bits per heavy atom. The van der Waals surface area contributed by atoms with Crippen LogP contribution in [0, 0.1) is 19.7 Å². The van der Waals surface area contributed by atoms with Crippen molar-refractivity contribution in [3.8, 4) is 0 Å². The van der Waals surface area contributed by atoms with Gasteiger partial charge < -0.3 is 15.3 Å². The number of nitrogens with one attached hydrogen (secondary N) is 1. The number of aliphatic hydroxyl groups is 1. The van der Waals surface area contributed by atoms with Crippen molar-refractivity contribution in [2.45, 2.75) is 39.1 Å². The van der Waals surface area contributed by atoms with Crippen LogP contribution in [0.5, 0.6) is 0 Å². The van der Waals surface area contributed by atoms with E-state index in [1.54, 1.807) is 26.1 Å². The number of β-amino-alcohol motifs (C(OH)–C–C–N with tert-alkyl or cyclic N) is 1. The quantitative estimate of drug-likeness (QED) is 0.604. The van der Waals surface area contributed by atoms with Crippen molar-refractivity contribution < 1.29 is 22.7 Å². The van der Waals surface area contributed by atoms with E-state index in [2.05, 4.69) is 20.5 Å². The topological polar surface area (TPSA) is 74.2 Å². The number of fused-ring (bicyclic) bond motifs is 1. The Bertz CT molecular complexity index is 1150. The van der Waals surface area contributed by atoms with Gasteiger partial charge in [0.2, 0.25) is 0 Å². The van der Waals surface area contributed by atoms with Crippen LogP contribution in [0.1, 0.15) is 29.3 Å². The summed E-state index contributed by atoms with van der Waals surface area (Å²) in [6.07, 6.45) is -2.99. The minimum atomic E-state index is -4.64. The Morgan fingerprint density at radius 2 is 1.84 bits per heavy atom. The van der Waals surface area contributed by atoms with E-state index in [9.17, 15) is 22.7 Å². The van der Waals surface area contributed by atoms with Gasteiger partial charge in [0.1, 0.15) is 11.6 Å². The lowest BCUT2D eigenvalue weighted by Gasteiger charge is -2.45. The van der Waals surface area contributed by atoms with Gasteiger partial charge in [-0.1, -0.05) is 0 Å². The van der Waals surface area contributed by atoms with Gasteiger partial charge in [-0.25, -0.2) is 9.37 Å². The number of alkyl halides is 3. The number of pyridine rings is 1. The zero-order chi connectivity index (χ0) is 22.6. The Kier molecular flexibility index (Phi) is 5.00. The minimum Gasteiger partial charge on any atom is -0.386 e. The van der Waals surface area contributed by atoms with Crippen molar-refractivity contribution in [2.24, 2.45) is 0 Å². The summed E-state index contributed by atoms with van der Waals surface area (Å²) in [6.45, 7) is 5.65. The van der Waals surface area contributed by atoms with Gasteiger partial charge in [0.05, 0.1) is 16.9 Å². The van der Waals surface area contributed by atoms with Gasteiger partial charge in [-0.2, -0.15) is 18.3 Å². The molecule has 1 saturated heterocycles. The van der Waals surface area contributed by atoms with Crippen molar-refractivity contribution in [3.63, 3.8) is 0 Å². The number of nitrogens with zero attached hydrogens (tertiary/aromatic N) is 4. The van der Waals surface area contributed by atoms with Crippen molar-refractivity contribution in [2.75, 3.05) is 23.3 Å². The van der Waals surface area contributed by atoms with Crippen molar-refractivity contribution in [1.82, 2.24) is 15.2 Å². The normalized spacial score (nSPS) is 15.8. The molecule has 164 valence electrons. The van der Waals surface area contributed by atoms with Gasteiger partial charge in [0.15, 0.2) is 5.82 Å². The van der Waals surface area contributed by atoms with Gasteiger partial charge in [-0.05, 0) is 50.1 Å². The summed E-state index contributed by atoms with van der Waals surface area (Å²) in [5.74, 6) is 0.0513. The predicted molar refractivity (Wildman–Crippen MR) is 108 cm³/mol. The lowest BCUT2D eigenvalue weighted by molar-refractivity contribution is -0.138. The number of aromatic nitrogens is 3. The third-order valence-electron chi connectivity index (χ3n) is 5.45. The molecule has 31 heavy (non-hydrogen) atoms. The van der Waals surface area contributed by atoms with Crippen LogP contribution >= 0.6 is 0 Å². The second-order valence-electron chi connectivity index (χ2n) is 8.16. The molecule has 0 aliphatic carbocycles. The number of halogens is 4. The van der Waals surface area contributed by atoms with E-state index in [0.717, 1.165) is 11.5 Å². The number of hydrogen-bond acceptors (Lipinski definition) is 6. The van der Waals surface area contributed by atoms with Crippen LogP contribution in [0.15, 0.2) is 24.4 Å². The van der Waals surface area contributed by atoms with Gasteiger partial charge in [-0.15, -0.1) is 5.10 Å². The number of aryl methyl sites for hydroxylation is 1. The molecular formula is C21H21F4N5O. The highest BCUT2D eigenvalue weighted by Crippen LogP contribution is 2.35. The van der Waals surface area contributed by atoms with Gasteiger partial charge in [0.25, 0.3) is 0 Å². The van der Waals surface area contributed by atoms with Crippen LogP contribution in [0.2, 0.25) is 0 Å².